The van der Waals surface area contributed by atoms with E-state index in [0.29, 0.717) is 11.6 Å². The van der Waals surface area contributed by atoms with Gasteiger partial charge in [-0.2, -0.15) is 0 Å². The number of hydrogen-bond acceptors (Lipinski definition) is 2. The first kappa shape index (κ1) is 11.1. The van der Waals surface area contributed by atoms with Crippen LogP contribution in [0.2, 0.25) is 5.02 Å². The highest BCUT2D eigenvalue weighted by Gasteiger charge is 2.08. The fourth-order valence-corrected chi connectivity index (χ4v) is 1.83. The van der Waals surface area contributed by atoms with Crippen molar-refractivity contribution in [1.29, 1.82) is 0 Å². The Bertz CT molecular complexity index is 485. The summed E-state index contributed by atoms with van der Waals surface area (Å²) in [5.41, 5.74) is 2.87. The molecule has 0 amide bonds. The van der Waals surface area contributed by atoms with Crippen LogP contribution in [0.5, 0.6) is 0 Å². The molecular formula is C13H12ClNO. The molecule has 0 fully saturated rings. The standard InChI is InChI=1S/C13H12ClNO/c1-16-9-10-5-4-8-15-13(10)11-6-2-3-7-12(11)14/h2-8H,9H2,1H3. The van der Waals surface area contributed by atoms with E-state index < -0.39 is 0 Å². The van der Waals surface area contributed by atoms with Gasteiger partial charge in [0.1, 0.15) is 0 Å². The van der Waals surface area contributed by atoms with E-state index in [-0.39, 0.29) is 0 Å². The Morgan fingerprint density at radius 3 is 2.75 bits per heavy atom. The second-order valence-electron chi connectivity index (χ2n) is 3.42. The number of halogens is 1. The van der Waals surface area contributed by atoms with E-state index in [1.54, 1.807) is 13.3 Å². The van der Waals surface area contributed by atoms with Gasteiger partial charge in [0, 0.05) is 29.5 Å². The molecule has 0 bridgehead atoms. The SMILES string of the molecule is COCc1cccnc1-c1ccccc1Cl. The summed E-state index contributed by atoms with van der Waals surface area (Å²) in [7, 11) is 1.67. The fourth-order valence-electron chi connectivity index (χ4n) is 1.61. The molecule has 0 spiro atoms. The van der Waals surface area contributed by atoms with Crippen molar-refractivity contribution in [2.45, 2.75) is 6.61 Å². The molecule has 0 saturated carbocycles. The molecule has 0 aliphatic rings. The Morgan fingerprint density at radius 1 is 1.19 bits per heavy atom. The Kier molecular flexibility index (Phi) is 3.54. The van der Waals surface area contributed by atoms with Crippen molar-refractivity contribution in [3.8, 4) is 11.3 Å². The summed E-state index contributed by atoms with van der Waals surface area (Å²) in [5.74, 6) is 0. The van der Waals surface area contributed by atoms with Gasteiger partial charge >= 0.3 is 0 Å². The second kappa shape index (κ2) is 5.10. The van der Waals surface area contributed by atoms with Gasteiger partial charge in [-0.3, -0.25) is 4.98 Å². The first-order valence-corrected chi connectivity index (χ1v) is 5.38. The Morgan fingerprint density at radius 2 is 2.00 bits per heavy atom. The van der Waals surface area contributed by atoms with Crippen molar-refractivity contribution in [2.75, 3.05) is 7.11 Å². The van der Waals surface area contributed by atoms with E-state index in [9.17, 15) is 0 Å². The highest BCUT2D eigenvalue weighted by atomic mass is 35.5. The molecule has 0 aliphatic carbocycles. The molecule has 2 aromatic rings. The van der Waals surface area contributed by atoms with Gasteiger partial charge in [-0.15, -0.1) is 0 Å². The van der Waals surface area contributed by atoms with Gasteiger partial charge in [-0.05, 0) is 12.1 Å². The molecule has 2 rings (SSSR count). The largest absolute Gasteiger partial charge is 0.380 e. The molecule has 0 unspecified atom stereocenters. The van der Waals surface area contributed by atoms with Crippen molar-refractivity contribution in [2.24, 2.45) is 0 Å². The summed E-state index contributed by atoms with van der Waals surface area (Å²) < 4.78 is 5.15. The number of benzene rings is 1. The topological polar surface area (TPSA) is 22.1 Å². The second-order valence-corrected chi connectivity index (χ2v) is 3.83. The van der Waals surface area contributed by atoms with E-state index in [1.165, 1.54) is 0 Å². The van der Waals surface area contributed by atoms with Crippen LogP contribution in [0.3, 0.4) is 0 Å². The Balaban J connectivity index is 2.51. The molecule has 16 heavy (non-hydrogen) atoms. The van der Waals surface area contributed by atoms with Crippen molar-refractivity contribution < 1.29 is 4.74 Å². The van der Waals surface area contributed by atoms with E-state index in [4.69, 9.17) is 16.3 Å². The van der Waals surface area contributed by atoms with Crippen LogP contribution in [0.25, 0.3) is 11.3 Å². The van der Waals surface area contributed by atoms with Crippen LogP contribution in [0, 0.1) is 0 Å². The van der Waals surface area contributed by atoms with Crippen LogP contribution in [0.1, 0.15) is 5.56 Å². The third kappa shape index (κ3) is 2.23. The fraction of sp³-hybridized carbons (Fsp3) is 0.154. The maximum Gasteiger partial charge on any atom is 0.0772 e. The monoisotopic (exact) mass is 233 g/mol. The lowest BCUT2D eigenvalue weighted by molar-refractivity contribution is 0.185. The minimum atomic E-state index is 0.536. The summed E-state index contributed by atoms with van der Waals surface area (Å²) in [5, 5.41) is 0.707. The summed E-state index contributed by atoms with van der Waals surface area (Å²) in [6.45, 7) is 0.536. The number of aromatic nitrogens is 1. The lowest BCUT2D eigenvalue weighted by atomic mass is 10.1. The lowest BCUT2D eigenvalue weighted by Gasteiger charge is -2.08. The van der Waals surface area contributed by atoms with Crippen molar-refractivity contribution in [1.82, 2.24) is 4.98 Å². The predicted molar refractivity (Wildman–Crippen MR) is 65.4 cm³/mol. The number of hydrogen-bond donors (Lipinski definition) is 0. The van der Waals surface area contributed by atoms with Crippen LogP contribution in [-0.2, 0) is 11.3 Å². The quantitative estimate of drug-likeness (QED) is 0.809. The van der Waals surface area contributed by atoms with Gasteiger partial charge in [0.25, 0.3) is 0 Å². The maximum absolute atomic E-state index is 6.15. The van der Waals surface area contributed by atoms with E-state index in [1.807, 2.05) is 36.4 Å². The number of ether oxygens (including phenoxy) is 1. The summed E-state index contributed by atoms with van der Waals surface area (Å²) in [6.07, 6.45) is 1.76. The molecule has 1 heterocycles. The van der Waals surface area contributed by atoms with Gasteiger partial charge in [-0.25, -0.2) is 0 Å². The van der Waals surface area contributed by atoms with Gasteiger partial charge < -0.3 is 4.74 Å². The summed E-state index contributed by atoms with van der Waals surface area (Å²) >= 11 is 6.15. The maximum atomic E-state index is 6.15. The molecule has 0 radical (unpaired) electrons. The van der Waals surface area contributed by atoms with Crippen molar-refractivity contribution in [3.63, 3.8) is 0 Å². The van der Waals surface area contributed by atoms with Crippen LogP contribution in [0.15, 0.2) is 42.6 Å². The zero-order valence-corrected chi connectivity index (χ0v) is 9.74. The van der Waals surface area contributed by atoms with Crippen LogP contribution in [-0.4, -0.2) is 12.1 Å². The van der Waals surface area contributed by atoms with Crippen molar-refractivity contribution >= 4 is 11.6 Å². The lowest BCUT2D eigenvalue weighted by Crippen LogP contribution is -1.94. The molecule has 0 N–H and O–H groups in total. The van der Waals surface area contributed by atoms with Gasteiger partial charge in [0.15, 0.2) is 0 Å². The third-order valence-electron chi connectivity index (χ3n) is 2.32. The molecular weight excluding hydrogens is 222 g/mol. The average Bonchev–Trinajstić information content (AvgIpc) is 2.31. The van der Waals surface area contributed by atoms with Gasteiger partial charge in [0.05, 0.1) is 12.3 Å². The highest BCUT2D eigenvalue weighted by molar-refractivity contribution is 6.33. The van der Waals surface area contributed by atoms with Gasteiger partial charge in [-0.1, -0.05) is 35.9 Å². The van der Waals surface area contributed by atoms with E-state index >= 15 is 0 Å². The van der Waals surface area contributed by atoms with Crippen LogP contribution >= 0.6 is 11.6 Å². The smallest absolute Gasteiger partial charge is 0.0772 e. The average molecular weight is 234 g/mol. The molecule has 0 aliphatic heterocycles. The van der Waals surface area contributed by atoms with E-state index in [0.717, 1.165) is 16.8 Å². The molecule has 1 aromatic carbocycles. The third-order valence-corrected chi connectivity index (χ3v) is 2.65. The number of nitrogens with zero attached hydrogens (tertiary/aromatic N) is 1. The predicted octanol–water partition coefficient (Wildman–Crippen LogP) is 3.55. The summed E-state index contributed by atoms with van der Waals surface area (Å²) in [6, 6.07) is 11.6. The normalized spacial score (nSPS) is 10.4. The Hall–Kier alpha value is -1.38. The zero-order valence-electron chi connectivity index (χ0n) is 8.98. The number of rotatable bonds is 3. The van der Waals surface area contributed by atoms with Gasteiger partial charge in [0.2, 0.25) is 0 Å². The van der Waals surface area contributed by atoms with E-state index in [2.05, 4.69) is 4.98 Å². The number of methoxy groups -OCH3 is 1. The molecule has 82 valence electrons. The minimum Gasteiger partial charge on any atom is -0.380 e. The Labute approximate surface area is 99.9 Å². The molecule has 3 heteroatoms. The first-order valence-electron chi connectivity index (χ1n) is 5.00. The highest BCUT2D eigenvalue weighted by Crippen LogP contribution is 2.28. The van der Waals surface area contributed by atoms with Crippen molar-refractivity contribution in [3.05, 3.63) is 53.2 Å². The molecule has 1 aromatic heterocycles. The first-order chi connectivity index (χ1) is 7.83. The molecule has 2 nitrogen and oxygen atoms in total. The van der Waals surface area contributed by atoms with Crippen LogP contribution in [0.4, 0.5) is 0 Å². The molecule has 0 saturated heterocycles. The molecule has 0 atom stereocenters. The zero-order chi connectivity index (χ0) is 11.4. The minimum absolute atomic E-state index is 0.536. The number of pyridine rings is 1. The van der Waals surface area contributed by atoms with Crippen LogP contribution < -0.4 is 0 Å². The summed E-state index contributed by atoms with van der Waals surface area (Å²) in [4.78, 5) is 4.36.